The largest absolute Gasteiger partial charge is 0.432 e. The molecular weight excluding hydrogens is 403 g/mol. The molecule has 0 atom stereocenters. The van der Waals surface area contributed by atoms with Gasteiger partial charge in [0.25, 0.3) is 0 Å². The number of alkyl halides is 12. The Bertz CT molecular complexity index is 326. The van der Waals surface area contributed by atoms with Crippen LogP contribution < -0.4 is 0 Å². The summed E-state index contributed by atoms with van der Waals surface area (Å²) in [4.78, 5) is 0. The third-order valence-corrected chi connectivity index (χ3v) is 2.79. The van der Waals surface area contributed by atoms with Crippen molar-refractivity contribution < 1.29 is 61.3 Å². The summed E-state index contributed by atoms with van der Waals surface area (Å²) in [6, 6.07) is 0. The van der Waals surface area contributed by atoms with Crippen molar-refractivity contribution >= 4 is 23.7 Å². The zero-order chi connectivity index (χ0) is 18.4. The van der Waals surface area contributed by atoms with Gasteiger partial charge in [-0.05, 0) is 0 Å². The topological polar surface area (TPSA) is 18.5 Å². The first-order chi connectivity index (χ1) is 9.37. The van der Waals surface area contributed by atoms with Gasteiger partial charge in [0.05, 0.1) is 23.7 Å². The summed E-state index contributed by atoms with van der Waals surface area (Å²) in [5, 5.41) is 0. The highest BCUT2D eigenvalue weighted by Crippen LogP contribution is 2.64. The first-order valence-electron chi connectivity index (χ1n) is 4.23. The number of halogens is 14. The molecule has 0 saturated heterocycles. The molecule has 134 valence electrons. The van der Waals surface area contributed by atoms with Gasteiger partial charge < -0.3 is 0 Å². The van der Waals surface area contributed by atoms with Crippen molar-refractivity contribution in [3.8, 4) is 0 Å². The van der Waals surface area contributed by atoms with E-state index in [0.29, 0.717) is 0 Å². The van der Waals surface area contributed by atoms with Crippen LogP contribution in [0.2, 0.25) is 0 Å². The van der Waals surface area contributed by atoms with Gasteiger partial charge in [-0.25, -0.2) is 8.58 Å². The standard InChI is InChI=1S/C6Cl2F12O2/c7-21-1(3(9,10)11,4(12,13)14)2(22-8,5(15,16)17)6(18,19)20. The fourth-order valence-corrected chi connectivity index (χ4v) is 1.97. The Labute approximate surface area is 122 Å². The molecule has 0 rings (SSSR count). The summed E-state index contributed by atoms with van der Waals surface area (Å²) in [6.07, 6.45) is -29.5. The predicted octanol–water partition coefficient (Wildman–Crippen LogP) is 5.05. The van der Waals surface area contributed by atoms with Gasteiger partial charge in [0.1, 0.15) is 0 Å². The van der Waals surface area contributed by atoms with E-state index in [9.17, 15) is 52.7 Å². The summed E-state index contributed by atoms with van der Waals surface area (Å²) in [5.74, 6) is 0. The highest BCUT2D eigenvalue weighted by molar-refractivity contribution is 6.08. The van der Waals surface area contributed by atoms with Gasteiger partial charge in [-0.2, -0.15) is 52.7 Å². The maximum atomic E-state index is 12.5. The summed E-state index contributed by atoms with van der Waals surface area (Å²) >= 11 is 7.58. The van der Waals surface area contributed by atoms with Gasteiger partial charge >= 0.3 is 35.9 Å². The lowest BCUT2D eigenvalue weighted by molar-refractivity contribution is -0.482. The van der Waals surface area contributed by atoms with Gasteiger partial charge in [0.2, 0.25) is 0 Å². The molecule has 16 heteroatoms. The second kappa shape index (κ2) is 5.63. The van der Waals surface area contributed by atoms with Crippen LogP contribution in [0.5, 0.6) is 0 Å². The minimum absolute atomic E-state index is 2.15. The van der Waals surface area contributed by atoms with Crippen molar-refractivity contribution in [3.63, 3.8) is 0 Å². The number of rotatable bonds is 3. The van der Waals surface area contributed by atoms with Crippen molar-refractivity contribution in [1.82, 2.24) is 0 Å². The molecule has 0 bridgehead atoms. The molecule has 0 unspecified atom stereocenters. The van der Waals surface area contributed by atoms with E-state index in [1.165, 1.54) is 0 Å². The van der Waals surface area contributed by atoms with Crippen LogP contribution in [0.15, 0.2) is 0 Å². The van der Waals surface area contributed by atoms with Crippen LogP contribution in [0.4, 0.5) is 52.7 Å². The lowest BCUT2D eigenvalue weighted by atomic mass is 9.79. The summed E-state index contributed by atoms with van der Waals surface area (Å²) < 4.78 is 155. The van der Waals surface area contributed by atoms with Crippen LogP contribution in [0.3, 0.4) is 0 Å². The lowest BCUT2D eigenvalue weighted by Crippen LogP contribution is -2.81. The minimum atomic E-state index is -7.38. The maximum absolute atomic E-state index is 12.5. The molecule has 0 aromatic carbocycles. The van der Waals surface area contributed by atoms with Crippen LogP contribution in [-0.2, 0) is 8.58 Å². The molecule has 2 nitrogen and oxygen atoms in total. The van der Waals surface area contributed by atoms with E-state index in [1.54, 1.807) is 0 Å². The SMILES string of the molecule is FC(F)(F)C(OCl)(C(F)(F)F)C(OCl)(C(F)(F)F)C(F)(F)F. The molecule has 0 aliphatic carbocycles. The molecule has 0 fully saturated rings. The van der Waals surface area contributed by atoms with Gasteiger partial charge in [-0.3, -0.25) is 0 Å². The van der Waals surface area contributed by atoms with Crippen LogP contribution in [0, 0.1) is 0 Å². The first-order valence-corrected chi connectivity index (χ1v) is 4.85. The first kappa shape index (κ1) is 21.7. The van der Waals surface area contributed by atoms with E-state index in [2.05, 4.69) is 32.3 Å². The Morgan fingerprint density at radius 2 is 0.545 bits per heavy atom. The van der Waals surface area contributed by atoms with Crippen molar-refractivity contribution in [1.29, 1.82) is 0 Å². The van der Waals surface area contributed by atoms with E-state index in [-0.39, 0.29) is 0 Å². The van der Waals surface area contributed by atoms with Crippen LogP contribution in [0.1, 0.15) is 0 Å². The third kappa shape index (κ3) is 2.67. The average molecular weight is 403 g/mol. The Morgan fingerprint density at radius 1 is 0.409 bits per heavy atom. The van der Waals surface area contributed by atoms with Gasteiger partial charge in [0, 0.05) is 0 Å². The molecule has 0 saturated carbocycles. The van der Waals surface area contributed by atoms with E-state index >= 15 is 0 Å². The molecule has 0 radical (unpaired) electrons. The molecule has 0 heterocycles. The predicted molar refractivity (Wildman–Crippen MR) is 43.6 cm³/mol. The molecule has 0 spiro atoms. The van der Waals surface area contributed by atoms with Gasteiger partial charge in [-0.1, -0.05) is 0 Å². The Kier molecular flexibility index (Phi) is 5.54. The molecule has 22 heavy (non-hydrogen) atoms. The van der Waals surface area contributed by atoms with E-state index < -0.39 is 35.9 Å². The fraction of sp³-hybridized carbons (Fsp3) is 1.00. The summed E-state index contributed by atoms with van der Waals surface area (Å²) in [6.45, 7) is 0. The van der Waals surface area contributed by atoms with Crippen LogP contribution in [0.25, 0.3) is 0 Å². The zero-order valence-electron chi connectivity index (χ0n) is 9.11. The fourth-order valence-electron chi connectivity index (χ4n) is 1.40. The molecule has 0 aliphatic heterocycles. The molecule has 0 aromatic heterocycles. The third-order valence-electron chi connectivity index (χ3n) is 2.32. The number of hydrogen-bond donors (Lipinski definition) is 0. The van der Waals surface area contributed by atoms with E-state index in [1.807, 2.05) is 0 Å². The highest BCUT2D eigenvalue weighted by atomic mass is 35.5. The molecular formula is C6Cl2F12O2. The second-order valence-corrected chi connectivity index (χ2v) is 3.82. The highest BCUT2D eigenvalue weighted by Gasteiger charge is 2.97. The maximum Gasteiger partial charge on any atom is 0.432 e. The molecule has 0 N–H and O–H groups in total. The monoisotopic (exact) mass is 402 g/mol. The van der Waals surface area contributed by atoms with E-state index in [0.717, 1.165) is 0 Å². The van der Waals surface area contributed by atoms with E-state index in [4.69, 9.17) is 0 Å². The smallest absolute Gasteiger partial charge is 0.249 e. The van der Waals surface area contributed by atoms with Crippen molar-refractivity contribution in [2.75, 3.05) is 0 Å². The summed E-state index contributed by atoms with van der Waals surface area (Å²) in [7, 11) is 0. The van der Waals surface area contributed by atoms with Crippen LogP contribution in [-0.4, -0.2) is 35.9 Å². The molecule has 0 amide bonds. The second-order valence-electron chi connectivity index (χ2n) is 3.51. The average Bonchev–Trinajstić information content (AvgIpc) is 2.17. The van der Waals surface area contributed by atoms with Crippen LogP contribution >= 0.6 is 23.7 Å². The normalized spacial score (nSPS) is 16.1. The zero-order valence-corrected chi connectivity index (χ0v) is 10.6. The summed E-state index contributed by atoms with van der Waals surface area (Å²) in [5.41, 5.74) is -14.2. The molecule has 0 aliphatic rings. The quantitative estimate of drug-likeness (QED) is 0.615. The Balaban J connectivity index is 7.16. The van der Waals surface area contributed by atoms with Crippen molar-refractivity contribution in [2.24, 2.45) is 0 Å². The van der Waals surface area contributed by atoms with Gasteiger partial charge in [-0.15, -0.1) is 0 Å². The Morgan fingerprint density at radius 3 is 0.591 bits per heavy atom. The van der Waals surface area contributed by atoms with Gasteiger partial charge in [0.15, 0.2) is 0 Å². The van der Waals surface area contributed by atoms with Crippen molar-refractivity contribution in [2.45, 2.75) is 35.9 Å². The molecule has 0 aromatic rings. The Hall–Kier alpha value is -0.340. The lowest BCUT2D eigenvalue weighted by Gasteiger charge is -2.47. The number of hydrogen-bond acceptors (Lipinski definition) is 2. The van der Waals surface area contributed by atoms with Crippen molar-refractivity contribution in [3.05, 3.63) is 0 Å². The minimum Gasteiger partial charge on any atom is -0.249 e.